The number of halogens is 1. The van der Waals surface area contributed by atoms with Gasteiger partial charge in [0.25, 0.3) is 5.91 Å². The van der Waals surface area contributed by atoms with Gasteiger partial charge in [0.2, 0.25) is 5.91 Å². The van der Waals surface area contributed by atoms with Crippen LogP contribution in [0.4, 0.5) is 10.1 Å². The Morgan fingerprint density at radius 1 is 1.21 bits per heavy atom. The third kappa shape index (κ3) is 5.05. The predicted molar refractivity (Wildman–Crippen MR) is 105 cm³/mol. The van der Waals surface area contributed by atoms with Crippen LogP contribution in [-0.4, -0.2) is 79.7 Å². The van der Waals surface area contributed by atoms with Gasteiger partial charge in [0, 0.05) is 39.1 Å². The highest BCUT2D eigenvalue weighted by atomic mass is 19.1. The molecule has 0 saturated carbocycles. The van der Waals surface area contributed by atoms with Crippen molar-refractivity contribution in [2.75, 3.05) is 51.3 Å². The van der Waals surface area contributed by atoms with Crippen molar-refractivity contribution in [2.45, 2.75) is 18.9 Å². The Kier molecular flexibility index (Phi) is 6.58. The van der Waals surface area contributed by atoms with Gasteiger partial charge in [0.15, 0.2) is 0 Å². The van der Waals surface area contributed by atoms with E-state index in [1.807, 2.05) is 0 Å². The van der Waals surface area contributed by atoms with Crippen molar-refractivity contribution in [1.82, 2.24) is 15.1 Å². The van der Waals surface area contributed by atoms with Crippen LogP contribution in [0.5, 0.6) is 0 Å². The number of anilines is 1. The molecular formula is C19H27FN6O2. The topological polar surface area (TPSA) is 94.3 Å². The van der Waals surface area contributed by atoms with Gasteiger partial charge in [0.05, 0.1) is 5.69 Å². The molecule has 8 nitrogen and oxygen atoms in total. The minimum Gasteiger partial charge on any atom is -0.368 e. The predicted octanol–water partition coefficient (Wildman–Crippen LogP) is -0.000600. The Hall–Kier alpha value is -2.52. The summed E-state index contributed by atoms with van der Waals surface area (Å²) in [5, 5.41) is 8.52. The van der Waals surface area contributed by atoms with Crippen molar-refractivity contribution >= 4 is 23.2 Å². The molecule has 1 aromatic rings. The molecule has 9 heteroatoms. The maximum absolute atomic E-state index is 13.1. The fraction of sp³-hybridized carbons (Fsp3) is 0.526. The third-order valence-corrected chi connectivity index (χ3v) is 5.12. The van der Waals surface area contributed by atoms with E-state index in [0.29, 0.717) is 12.2 Å². The molecule has 2 amide bonds. The molecule has 0 radical (unpaired) electrons. The van der Waals surface area contributed by atoms with Gasteiger partial charge in [-0.1, -0.05) is 0 Å². The Bertz CT molecular complexity index is 730. The molecule has 3 rings (SSSR count). The number of amides is 2. The highest BCUT2D eigenvalue weighted by molar-refractivity contribution is 6.40. The minimum absolute atomic E-state index is 0.136. The molecule has 0 aliphatic carbocycles. The van der Waals surface area contributed by atoms with Crippen molar-refractivity contribution in [1.29, 1.82) is 0 Å². The summed E-state index contributed by atoms with van der Waals surface area (Å²) in [5.74, 6) is -1.26. The van der Waals surface area contributed by atoms with Crippen LogP contribution in [0.25, 0.3) is 0 Å². The SMILES string of the molecule is CN1CCN(CCCNC(=O)C2=NN(c3ccc(F)cc3)C(C(N)=O)C2)CC1. The highest BCUT2D eigenvalue weighted by Crippen LogP contribution is 2.24. The standard InChI is InChI=1S/C19H27FN6O2/c1-24-9-11-25(12-10-24)8-2-7-22-19(28)16-13-17(18(21)27)26(23-16)15-5-3-14(20)4-6-15/h3-6,17H,2,7-13H2,1H3,(H2,21,27)(H,22,28). The van der Waals surface area contributed by atoms with Gasteiger partial charge < -0.3 is 20.9 Å². The van der Waals surface area contributed by atoms with Crippen LogP contribution in [0.1, 0.15) is 12.8 Å². The summed E-state index contributed by atoms with van der Waals surface area (Å²) in [6.45, 7) is 5.70. The molecule has 0 bridgehead atoms. The first-order chi connectivity index (χ1) is 13.4. The summed E-state index contributed by atoms with van der Waals surface area (Å²) in [4.78, 5) is 28.9. The van der Waals surface area contributed by atoms with E-state index in [2.05, 4.69) is 27.3 Å². The smallest absolute Gasteiger partial charge is 0.267 e. The summed E-state index contributed by atoms with van der Waals surface area (Å²) < 4.78 is 13.1. The normalized spacial score (nSPS) is 20.9. The molecule has 1 fully saturated rings. The number of nitrogens with two attached hydrogens (primary N) is 1. The van der Waals surface area contributed by atoms with Crippen LogP contribution in [0.15, 0.2) is 29.4 Å². The number of likely N-dealkylation sites (N-methyl/N-ethyl adjacent to an activating group) is 1. The quantitative estimate of drug-likeness (QED) is 0.639. The molecule has 3 N–H and O–H groups in total. The average Bonchev–Trinajstić information content (AvgIpc) is 3.13. The summed E-state index contributed by atoms with van der Waals surface area (Å²) in [6, 6.07) is 4.81. The molecular weight excluding hydrogens is 363 g/mol. The van der Waals surface area contributed by atoms with Crippen molar-refractivity contribution in [3.8, 4) is 0 Å². The zero-order chi connectivity index (χ0) is 20.1. The number of hydrazone groups is 1. The van der Waals surface area contributed by atoms with Gasteiger partial charge in [-0.3, -0.25) is 14.6 Å². The number of carbonyl (C=O) groups excluding carboxylic acids is 2. The number of rotatable bonds is 7. The monoisotopic (exact) mass is 390 g/mol. The molecule has 0 spiro atoms. The maximum atomic E-state index is 13.1. The molecule has 1 atom stereocenters. The van der Waals surface area contributed by atoms with E-state index in [1.165, 1.54) is 29.3 Å². The van der Waals surface area contributed by atoms with Crippen LogP contribution >= 0.6 is 0 Å². The van der Waals surface area contributed by atoms with Gasteiger partial charge in [-0.15, -0.1) is 0 Å². The lowest BCUT2D eigenvalue weighted by molar-refractivity contribution is -0.119. The summed E-state index contributed by atoms with van der Waals surface area (Å²) in [5.41, 5.74) is 6.24. The van der Waals surface area contributed by atoms with Crippen LogP contribution in [0.2, 0.25) is 0 Å². The van der Waals surface area contributed by atoms with Crippen LogP contribution < -0.4 is 16.1 Å². The number of carbonyl (C=O) groups is 2. The highest BCUT2D eigenvalue weighted by Gasteiger charge is 2.34. The van der Waals surface area contributed by atoms with Crippen LogP contribution in [-0.2, 0) is 9.59 Å². The lowest BCUT2D eigenvalue weighted by atomic mass is 10.1. The summed E-state index contributed by atoms with van der Waals surface area (Å²) in [7, 11) is 2.12. The van der Waals surface area contributed by atoms with Crippen LogP contribution in [0, 0.1) is 5.82 Å². The van der Waals surface area contributed by atoms with Crippen molar-refractivity contribution in [2.24, 2.45) is 10.8 Å². The van der Waals surface area contributed by atoms with E-state index < -0.39 is 11.9 Å². The van der Waals surface area contributed by atoms with Crippen molar-refractivity contribution < 1.29 is 14.0 Å². The number of hydrogen-bond acceptors (Lipinski definition) is 6. The second-order valence-electron chi connectivity index (χ2n) is 7.24. The molecule has 1 saturated heterocycles. The van der Waals surface area contributed by atoms with E-state index in [0.717, 1.165) is 39.1 Å². The first kappa shape index (κ1) is 20.2. The van der Waals surface area contributed by atoms with Crippen molar-refractivity contribution in [3.05, 3.63) is 30.1 Å². The number of benzene rings is 1. The molecule has 2 aliphatic rings. The lowest BCUT2D eigenvalue weighted by Gasteiger charge is -2.32. The summed E-state index contributed by atoms with van der Waals surface area (Å²) >= 11 is 0. The second kappa shape index (κ2) is 9.11. The van der Waals surface area contributed by atoms with Gasteiger partial charge in [0.1, 0.15) is 17.6 Å². The van der Waals surface area contributed by atoms with E-state index in [1.54, 1.807) is 0 Å². The van der Waals surface area contributed by atoms with E-state index in [9.17, 15) is 14.0 Å². The molecule has 1 aromatic carbocycles. The number of hydrogen-bond donors (Lipinski definition) is 2. The maximum Gasteiger partial charge on any atom is 0.267 e. The summed E-state index contributed by atoms with van der Waals surface area (Å²) in [6.07, 6.45) is 0.987. The molecule has 28 heavy (non-hydrogen) atoms. The average molecular weight is 390 g/mol. The molecule has 1 unspecified atom stereocenters. The first-order valence-electron chi connectivity index (χ1n) is 9.55. The zero-order valence-corrected chi connectivity index (χ0v) is 16.1. The van der Waals surface area contributed by atoms with Crippen molar-refractivity contribution in [3.63, 3.8) is 0 Å². The fourth-order valence-electron chi connectivity index (χ4n) is 3.38. The van der Waals surface area contributed by atoms with Crippen LogP contribution in [0.3, 0.4) is 0 Å². The second-order valence-corrected chi connectivity index (χ2v) is 7.24. The number of nitrogens with zero attached hydrogens (tertiary/aromatic N) is 4. The van der Waals surface area contributed by atoms with Gasteiger partial charge in [-0.2, -0.15) is 5.10 Å². The Balaban J connectivity index is 1.52. The first-order valence-corrected chi connectivity index (χ1v) is 9.55. The molecule has 2 aliphatic heterocycles. The van der Waals surface area contributed by atoms with Gasteiger partial charge in [-0.05, 0) is 44.3 Å². The number of nitrogens with one attached hydrogen (secondary N) is 1. The fourth-order valence-corrected chi connectivity index (χ4v) is 3.38. The minimum atomic E-state index is -0.753. The molecule has 0 aromatic heterocycles. The Morgan fingerprint density at radius 3 is 2.54 bits per heavy atom. The zero-order valence-electron chi connectivity index (χ0n) is 16.1. The number of piperazine rings is 1. The lowest BCUT2D eigenvalue weighted by Crippen LogP contribution is -2.45. The van der Waals surface area contributed by atoms with Gasteiger partial charge in [-0.25, -0.2) is 4.39 Å². The molecule has 152 valence electrons. The number of primary amides is 1. The third-order valence-electron chi connectivity index (χ3n) is 5.12. The van der Waals surface area contributed by atoms with E-state index in [4.69, 9.17) is 5.73 Å². The van der Waals surface area contributed by atoms with Gasteiger partial charge >= 0.3 is 0 Å². The Morgan fingerprint density at radius 2 is 1.89 bits per heavy atom. The largest absolute Gasteiger partial charge is 0.368 e. The molecule has 2 heterocycles. The Labute approximate surface area is 164 Å². The van der Waals surface area contributed by atoms with E-state index >= 15 is 0 Å². The van der Waals surface area contributed by atoms with E-state index in [-0.39, 0.29) is 23.9 Å².